The van der Waals surface area contributed by atoms with E-state index in [4.69, 9.17) is 4.74 Å². The summed E-state index contributed by atoms with van der Waals surface area (Å²) in [4.78, 5) is 40.6. The molecule has 0 saturated carbocycles. The molecule has 0 aliphatic carbocycles. The van der Waals surface area contributed by atoms with Crippen LogP contribution in [0.15, 0.2) is 48.0 Å². The molecule has 1 saturated heterocycles. The molecule has 2 aromatic rings. The Morgan fingerprint density at radius 1 is 1.18 bits per heavy atom. The van der Waals surface area contributed by atoms with Crippen molar-refractivity contribution in [3.8, 4) is 5.75 Å². The Morgan fingerprint density at radius 3 is 2.47 bits per heavy atom. The predicted molar refractivity (Wildman–Crippen MR) is 128 cm³/mol. The van der Waals surface area contributed by atoms with Crippen LogP contribution >= 0.6 is 0 Å². The zero-order chi connectivity index (χ0) is 25.0. The number of aliphatic hydroxyl groups excluding tert-OH is 1. The van der Waals surface area contributed by atoms with Crippen molar-refractivity contribution < 1.29 is 24.4 Å². The highest BCUT2D eigenvalue weighted by Gasteiger charge is 2.46. The lowest BCUT2D eigenvalue weighted by molar-refractivity contribution is -0.384. The summed E-state index contributed by atoms with van der Waals surface area (Å²) in [5.74, 6) is -1.27. The second-order valence-corrected chi connectivity index (χ2v) is 8.06. The molecule has 0 aromatic heterocycles. The van der Waals surface area contributed by atoms with E-state index in [9.17, 15) is 24.8 Å². The number of amides is 1. The molecule has 1 amide bonds. The number of Topliss-reactive ketones (excluding diaryl/α,β-unsaturated/α-hetero) is 1. The minimum atomic E-state index is -0.946. The number of rotatable bonds is 9. The number of non-ortho nitro benzene ring substituents is 1. The van der Waals surface area contributed by atoms with Crippen LogP contribution in [0.4, 0.5) is 5.69 Å². The van der Waals surface area contributed by atoms with E-state index < -0.39 is 22.7 Å². The Kier molecular flexibility index (Phi) is 7.68. The Balaban J connectivity index is 2.16. The van der Waals surface area contributed by atoms with Gasteiger partial charge in [0.15, 0.2) is 0 Å². The number of hydrogen-bond acceptors (Lipinski definition) is 7. The van der Waals surface area contributed by atoms with Gasteiger partial charge in [0, 0.05) is 30.8 Å². The number of nitro benzene ring substituents is 1. The van der Waals surface area contributed by atoms with Gasteiger partial charge in [0.2, 0.25) is 0 Å². The molecule has 1 aliphatic heterocycles. The molecule has 0 spiro atoms. The number of nitro groups is 1. The van der Waals surface area contributed by atoms with Gasteiger partial charge >= 0.3 is 0 Å². The molecular formula is C25H29N3O6. The lowest BCUT2D eigenvalue weighted by Gasteiger charge is -2.28. The van der Waals surface area contributed by atoms with E-state index in [1.54, 1.807) is 31.2 Å². The van der Waals surface area contributed by atoms with Crippen LogP contribution in [0.2, 0.25) is 0 Å². The summed E-state index contributed by atoms with van der Waals surface area (Å²) < 4.78 is 5.27. The summed E-state index contributed by atoms with van der Waals surface area (Å²) in [7, 11) is 1.53. The lowest BCUT2D eigenvalue weighted by Crippen LogP contribution is -2.38. The van der Waals surface area contributed by atoms with E-state index in [0.29, 0.717) is 23.4 Å². The number of likely N-dealkylation sites (tertiary alicyclic amines) is 1. The normalized spacial score (nSPS) is 17.4. The van der Waals surface area contributed by atoms with Crippen molar-refractivity contribution in [2.75, 3.05) is 33.3 Å². The number of ketones is 1. The van der Waals surface area contributed by atoms with Crippen LogP contribution in [0.3, 0.4) is 0 Å². The fourth-order valence-electron chi connectivity index (χ4n) is 4.24. The molecule has 2 aromatic carbocycles. The summed E-state index contributed by atoms with van der Waals surface area (Å²) in [6, 6.07) is 9.82. The van der Waals surface area contributed by atoms with Gasteiger partial charge in [-0.05, 0) is 49.3 Å². The fraction of sp³-hybridized carbons (Fsp3) is 0.360. The predicted octanol–water partition coefficient (Wildman–Crippen LogP) is 3.68. The minimum Gasteiger partial charge on any atom is -0.507 e. The summed E-state index contributed by atoms with van der Waals surface area (Å²) in [5, 5.41) is 22.6. The maximum atomic E-state index is 13.1. The Labute approximate surface area is 198 Å². The summed E-state index contributed by atoms with van der Waals surface area (Å²) in [6.45, 7) is 8.10. The first kappa shape index (κ1) is 24.9. The van der Waals surface area contributed by atoms with E-state index in [2.05, 4.69) is 4.90 Å². The fourth-order valence-corrected chi connectivity index (χ4v) is 4.24. The van der Waals surface area contributed by atoms with Crippen LogP contribution in [0, 0.1) is 17.0 Å². The van der Waals surface area contributed by atoms with Crippen molar-refractivity contribution in [2.45, 2.75) is 26.8 Å². The topological polar surface area (TPSA) is 113 Å². The number of carbonyl (C=O) groups excluding carboxylic acids is 2. The van der Waals surface area contributed by atoms with Crippen molar-refractivity contribution in [1.29, 1.82) is 0 Å². The van der Waals surface area contributed by atoms with Crippen LogP contribution < -0.4 is 4.74 Å². The number of carbonyl (C=O) groups is 2. The van der Waals surface area contributed by atoms with E-state index in [1.807, 2.05) is 13.8 Å². The number of benzene rings is 2. The van der Waals surface area contributed by atoms with Crippen molar-refractivity contribution in [1.82, 2.24) is 9.80 Å². The number of methoxy groups -OCH3 is 1. The quantitative estimate of drug-likeness (QED) is 0.197. The van der Waals surface area contributed by atoms with Crippen molar-refractivity contribution in [2.24, 2.45) is 0 Å². The zero-order valence-electron chi connectivity index (χ0n) is 19.8. The molecule has 3 rings (SSSR count). The van der Waals surface area contributed by atoms with Gasteiger partial charge < -0.3 is 19.6 Å². The summed E-state index contributed by atoms with van der Waals surface area (Å²) in [6.07, 6.45) is 0. The molecule has 0 unspecified atom stereocenters. The summed E-state index contributed by atoms with van der Waals surface area (Å²) in [5.41, 5.74) is 1.24. The highest BCUT2D eigenvalue weighted by Crippen LogP contribution is 2.40. The van der Waals surface area contributed by atoms with Gasteiger partial charge in [-0.3, -0.25) is 19.7 Å². The zero-order valence-corrected chi connectivity index (χ0v) is 19.8. The number of likely N-dealkylation sites (N-methyl/N-ethyl adjacent to an activating group) is 1. The average molecular weight is 468 g/mol. The van der Waals surface area contributed by atoms with Crippen LogP contribution in [0.25, 0.3) is 5.76 Å². The molecule has 9 nitrogen and oxygen atoms in total. The largest absolute Gasteiger partial charge is 0.507 e. The first-order chi connectivity index (χ1) is 16.2. The molecule has 0 radical (unpaired) electrons. The number of nitrogens with zero attached hydrogens (tertiary/aromatic N) is 3. The second-order valence-electron chi connectivity index (χ2n) is 8.06. The number of aryl methyl sites for hydroxylation is 1. The molecule has 1 aliphatic rings. The number of hydrogen-bond donors (Lipinski definition) is 1. The smallest absolute Gasteiger partial charge is 0.295 e. The van der Waals surface area contributed by atoms with E-state index in [0.717, 1.165) is 18.7 Å². The Morgan fingerprint density at radius 2 is 1.88 bits per heavy atom. The van der Waals surface area contributed by atoms with Crippen LogP contribution in [0.5, 0.6) is 5.75 Å². The molecular weight excluding hydrogens is 438 g/mol. The van der Waals surface area contributed by atoms with E-state index >= 15 is 0 Å². The van der Waals surface area contributed by atoms with E-state index in [-0.39, 0.29) is 23.6 Å². The maximum Gasteiger partial charge on any atom is 0.295 e. The molecule has 1 atom stereocenters. The second kappa shape index (κ2) is 10.5. The third-order valence-electron chi connectivity index (χ3n) is 6.16. The standard InChI is InChI=1S/C25H29N3O6/c1-5-26(6-2)12-13-27-22(17-8-7-9-19(15-17)28(32)33)21(24(30)25(27)31)23(29)18-10-11-20(34-4)16(3)14-18/h7-11,14-15,22,29H,5-6,12-13H2,1-4H3/t22-/m0/s1. The van der Waals surface area contributed by atoms with Crippen LogP contribution in [0.1, 0.15) is 36.6 Å². The van der Waals surface area contributed by atoms with Crippen molar-refractivity contribution in [3.05, 3.63) is 74.8 Å². The van der Waals surface area contributed by atoms with E-state index in [1.165, 1.54) is 30.2 Å². The van der Waals surface area contributed by atoms with Gasteiger partial charge in [0.05, 0.1) is 23.6 Å². The highest BCUT2D eigenvalue weighted by molar-refractivity contribution is 6.46. The van der Waals surface area contributed by atoms with Gasteiger partial charge in [-0.2, -0.15) is 0 Å². The SMILES string of the molecule is CCN(CC)CCN1C(=O)C(=O)C(=C(O)c2ccc(OC)c(C)c2)[C@@H]1c1cccc([N+](=O)[O-])c1. The minimum absolute atomic E-state index is 0.0883. The van der Waals surface area contributed by atoms with Crippen LogP contribution in [-0.2, 0) is 9.59 Å². The van der Waals surface area contributed by atoms with Gasteiger partial charge in [-0.15, -0.1) is 0 Å². The van der Waals surface area contributed by atoms with Gasteiger partial charge in [-0.1, -0.05) is 26.0 Å². The molecule has 180 valence electrons. The third kappa shape index (κ3) is 4.79. The first-order valence-electron chi connectivity index (χ1n) is 11.1. The van der Waals surface area contributed by atoms with Gasteiger partial charge in [0.25, 0.3) is 17.4 Å². The average Bonchev–Trinajstić information content (AvgIpc) is 3.09. The van der Waals surface area contributed by atoms with Crippen LogP contribution in [-0.4, -0.2) is 64.8 Å². The molecule has 34 heavy (non-hydrogen) atoms. The maximum absolute atomic E-state index is 13.1. The summed E-state index contributed by atoms with van der Waals surface area (Å²) >= 11 is 0. The molecule has 1 heterocycles. The highest BCUT2D eigenvalue weighted by atomic mass is 16.6. The van der Waals surface area contributed by atoms with Crippen molar-refractivity contribution in [3.63, 3.8) is 0 Å². The molecule has 1 N–H and O–H groups in total. The molecule has 1 fully saturated rings. The molecule has 9 heteroatoms. The number of ether oxygens (including phenoxy) is 1. The van der Waals surface area contributed by atoms with Crippen molar-refractivity contribution >= 4 is 23.1 Å². The molecule has 0 bridgehead atoms. The van der Waals surface area contributed by atoms with Gasteiger partial charge in [-0.25, -0.2) is 0 Å². The Bertz CT molecular complexity index is 1140. The lowest BCUT2D eigenvalue weighted by atomic mass is 9.94. The Hall–Kier alpha value is -3.72. The number of aliphatic hydroxyl groups is 1. The third-order valence-corrected chi connectivity index (χ3v) is 6.16. The van der Waals surface area contributed by atoms with Gasteiger partial charge in [0.1, 0.15) is 11.5 Å². The first-order valence-corrected chi connectivity index (χ1v) is 11.1. The monoisotopic (exact) mass is 467 g/mol.